The van der Waals surface area contributed by atoms with Gasteiger partial charge in [0.1, 0.15) is 0 Å². The van der Waals surface area contributed by atoms with Crippen molar-refractivity contribution in [3.05, 3.63) is 0 Å². The van der Waals surface area contributed by atoms with Gasteiger partial charge in [-0.1, -0.05) is 6.42 Å². The molecule has 0 aromatic rings. The zero-order chi connectivity index (χ0) is 19.3. The minimum absolute atomic E-state index is 0. The molecule has 1 N–H and O–H groups in total. The largest absolute Gasteiger partial charge is 0.381 e. The minimum atomic E-state index is -3.17. The number of aliphatic imine (C=N–C) groups is 1. The van der Waals surface area contributed by atoms with Gasteiger partial charge in [0.05, 0.1) is 4.75 Å². The first-order chi connectivity index (χ1) is 12.9. The van der Waals surface area contributed by atoms with Crippen LogP contribution in [0.4, 0.5) is 0 Å². The van der Waals surface area contributed by atoms with E-state index in [9.17, 15) is 8.42 Å². The topological polar surface area (TPSA) is 74.2 Å². The zero-order valence-corrected chi connectivity index (χ0v) is 20.5. The van der Waals surface area contributed by atoms with Gasteiger partial charge < -0.3 is 19.9 Å². The molecular formula is C19H37IN4O3S. The summed E-state index contributed by atoms with van der Waals surface area (Å²) in [6.45, 7) is 7.08. The van der Waals surface area contributed by atoms with E-state index in [-0.39, 0.29) is 24.0 Å². The summed E-state index contributed by atoms with van der Waals surface area (Å²) in [5.74, 6) is 1.51. The summed E-state index contributed by atoms with van der Waals surface area (Å²) in [5.41, 5.74) is 0. The molecule has 3 fully saturated rings. The van der Waals surface area contributed by atoms with Crippen LogP contribution in [0.5, 0.6) is 0 Å². The van der Waals surface area contributed by atoms with Gasteiger partial charge in [-0.05, 0) is 51.1 Å². The van der Waals surface area contributed by atoms with Gasteiger partial charge in [0.25, 0.3) is 0 Å². The fourth-order valence-electron chi connectivity index (χ4n) is 4.68. The molecule has 1 atom stereocenters. The first kappa shape index (κ1) is 24.1. The Balaban J connectivity index is 0.00000280. The van der Waals surface area contributed by atoms with Gasteiger partial charge in [-0.3, -0.25) is 4.99 Å². The van der Waals surface area contributed by atoms with E-state index in [0.717, 1.165) is 19.0 Å². The third-order valence-corrected chi connectivity index (χ3v) is 8.65. The quantitative estimate of drug-likeness (QED) is 0.332. The number of hydrogen-bond acceptors (Lipinski definition) is 5. The molecule has 9 heteroatoms. The van der Waals surface area contributed by atoms with E-state index < -0.39 is 14.6 Å². The van der Waals surface area contributed by atoms with Gasteiger partial charge in [0, 0.05) is 52.7 Å². The predicted octanol–water partition coefficient (Wildman–Crippen LogP) is 1.58. The third kappa shape index (κ3) is 5.95. The molecule has 3 aliphatic rings. The van der Waals surface area contributed by atoms with Gasteiger partial charge >= 0.3 is 0 Å². The van der Waals surface area contributed by atoms with E-state index in [0.29, 0.717) is 38.5 Å². The standard InChI is InChI=1S/C19H36N4O3S.HI/c1-20-18(21-16-19(27(2,24)25)7-12-26-13-8-19)23-11-6-17(15-23)14-22-9-4-3-5-10-22;/h17H,3-16H2,1-2H3,(H,20,21);1H. The van der Waals surface area contributed by atoms with E-state index >= 15 is 0 Å². The van der Waals surface area contributed by atoms with Crippen molar-refractivity contribution in [1.29, 1.82) is 0 Å². The van der Waals surface area contributed by atoms with E-state index in [1.54, 1.807) is 7.05 Å². The van der Waals surface area contributed by atoms with E-state index in [1.165, 1.54) is 51.6 Å². The summed E-state index contributed by atoms with van der Waals surface area (Å²) >= 11 is 0. The number of likely N-dealkylation sites (tertiary alicyclic amines) is 2. The van der Waals surface area contributed by atoms with E-state index in [4.69, 9.17) is 4.74 Å². The van der Waals surface area contributed by atoms with Crippen molar-refractivity contribution in [2.45, 2.75) is 43.3 Å². The fourth-order valence-corrected chi connectivity index (χ4v) is 5.92. The molecule has 0 saturated carbocycles. The van der Waals surface area contributed by atoms with Crippen LogP contribution in [0, 0.1) is 5.92 Å². The summed E-state index contributed by atoms with van der Waals surface area (Å²) in [4.78, 5) is 9.34. The monoisotopic (exact) mass is 528 g/mol. The third-order valence-electron chi connectivity index (χ3n) is 6.52. The normalized spacial score (nSPS) is 26.7. The maximum atomic E-state index is 12.4. The van der Waals surface area contributed by atoms with Crippen LogP contribution in [0.2, 0.25) is 0 Å². The number of nitrogens with one attached hydrogen (secondary N) is 1. The number of ether oxygens (including phenoxy) is 1. The van der Waals surface area contributed by atoms with E-state index in [2.05, 4.69) is 20.1 Å². The highest BCUT2D eigenvalue weighted by Crippen LogP contribution is 2.29. The number of piperidine rings is 1. The van der Waals surface area contributed by atoms with Crippen LogP contribution in [0.15, 0.2) is 4.99 Å². The van der Waals surface area contributed by atoms with Crippen LogP contribution in [0.25, 0.3) is 0 Å². The molecule has 3 aliphatic heterocycles. The van der Waals surface area contributed by atoms with Crippen molar-refractivity contribution in [1.82, 2.24) is 15.1 Å². The second-order valence-electron chi connectivity index (χ2n) is 8.43. The smallest absolute Gasteiger partial charge is 0.193 e. The summed E-state index contributed by atoms with van der Waals surface area (Å²) < 4.78 is 29.6. The molecule has 28 heavy (non-hydrogen) atoms. The van der Waals surface area contributed by atoms with Gasteiger partial charge in [-0.15, -0.1) is 24.0 Å². The maximum absolute atomic E-state index is 12.4. The molecule has 0 aromatic carbocycles. The highest BCUT2D eigenvalue weighted by Gasteiger charge is 2.42. The Morgan fingerprint density at radius 2 is 1.86 bits per heavy atom. The Labute approximate surface area is 187 Å². The molecule has 3 saturated heterocycles. The Morgan fingerprint density at radius 1 is 1.18 bits per heavy atom. The number of rotatable bonds is 5. The molecule has 3 heterocycles. The molecule has 0 radical (unpaired) electrons. The van der Waals surface area contributed by atoms with Gasteiger partial charge in [-0.25, -0.2) is 8.42 Å². The lowest BCUT2D eigenvalue weighted by atomic mass is 9.99. The SMILES string of the molecule is CN=C(NCC1(S(C)(=O)=O)CCOCC1)N1CCC(CN2CCCCC2)C1.I. The average Bonchev–Trinajstić information content (AvgIpc) is 3.11. The highest BCUT2D eigenvalue weighted by atomic mass is 127. The maximum Gasteiger partial charge on any atom is 0.193 e. The van der Waals surface area contributed by atoms with Crippen LogP contribution >= 0.6 is 24.0 Å². The van der Waals surface area contributed by atoms with Crippen molar-refractivity contribution in [2.24, 2.45) is 10.9 Å². The lowest BCUT2D eigenvalue weighted by Crippen LogP contribution is -2.54. The number of halogens is 1. The van der Waals surface area contributed by atoms with Crippen molar-refractivity contribution in [2.75, 3.05) is 65.8 Å². The lowest BCUT2D eigenvalue weighted by Gasteiger charge is -2.36. The minimum Gasteiger partial charge on any atom is -0.381 e. The summed E-state index contributed by atoms with van der Waals surface area (Å²) in [6.07, 6.45) is 7.67. The number of nitrogens with zero attached hydrogens (tertiary/aromatic N) is 3. The molecule has 0 aliphatic carbocycles. The summed E-state index contributed by atoms with van der Waals surface area (Å²) in [5, 5.41) is 3.38. The van der Waals surface area contributed by atoms with Crippen LogP contribution in [0.3, 0.4) is 0 Å². The molecule has 0 bridgehead atoms. The molecule has 0 amide bonds. The second-order valence-corrected chi connectivity index (χ2v) is 10.8. The van der Waals surface area contributed by atoms with Crippen molar-refractivity contribution >= 4 is 39.8 Å². The molecule has 0 aromatic heterocycles. The first-order valence-electron chi connectivity index (χ1n) is 10.4. The second kappa shape index (κ2) is 10.8. The number of sulfone groups is 1. The van der Waals surface area contributed by atoms with Crippen molar-refractivity contribution in [3.8, 4) is 0 Å². The number of hydrogen-bond donors (Lipinski definition) is 1. The van der Waals surface area contributed by atoms with Crippen molar-refractivity contribution in [3.63, 3.8) is 0 Å². The first-order valence-corrected chi connectivity index (χ1v) is 12.3. The highest BCUT2D eigenvalue weighted by molar-refractivity contribution is 14.0. The lowest BCUT2D eigenvalue weighted by molar-refractivity contribution is 0.0754. The fraction of sp³-hybridized carbons (Fsp3) is 0.947. The van der Waals surface area contributed by atoms with Gasteiger partial charge in [0.15, 0.2) is 15.8 Å². The molecule has 164 valence electrons. The molecule has 0 spiro atoms. The molecule has 1 unspecified atom stereocenters. The Bertz CT molecular complexity index is 617. The van der Waals surface area contributed by atoms with Crippen molar-refractivity contribution < 1.29 is 13.2 Å². The number of guanidine groups is 1. The summed E-state index contributed by atoms with van der Waals surface area (Å²) in [6, 6.07) is 0. The van der Waals surface area contributed by atoms with E-state index in [1.807, 2.05) is 0 Å². The van der Waals surface area contributed by atoms with Gasteiger partial charge in [-0.2, -0.15) is 0 Å². The Hall–Kier alpha value is -0.130. The zero-order valence-electron chi connectivity index (χ0n) is 17.4. The van der Waals surface area contributed by atoms with Crippen LogP contribution in [-0.4, -0.2) is 94.7 Å². The average molecular weight is 529 g/mol. The van der Waals surface area contributed by atoms with Gasteiger partial charge in [0.2, 0.25) is 0 Å². The molecule has 7 nitrogen and oxygen atoms in total. The molecular weight excluding hydrogens is 491 g/mol. The van der Waals surface area contributed by atoms with Crippen LogP contribution in [0.1, 0.15) is 38.5 Å². The van der Waals surface area contributed by atoms with Crippen LogP contribution < -0.4 is 5.32 Å². The molecule has 3 rings (SSSR count). The van der Waals surface area contributed by atoms with Crippen LogP contribution in [-0.2, 0) is 14.6 Å². The Kier molecular flexibility index (Phi) is 9.28. The summed E-state index contributed by atoms with van der Waals surface area (Å²) in [7, 11) is -1.38. The Morgan fingerprint density at radius 3 is 2.46 bits per heavy atom. The predicted molar refractivity (Wildman–Crippen MR) is 124 cm³/mol.